The molecule has 1 N–H and O–H groups in total. The lowest BCUT2D eigenvalue weighted by Crippen LogP contribution is -1.97. The molecule has 0 unspecified atom stereocenters. The molecule has 2 rings (SSSR count). The SMILES string of the molecule is O=C(O)/C=C(\CCc1ccc(Cl)cc1F)c1ccccc1. The third kappa shape index (κ3) is 4.43. The predicted molar refractivity (Wildman–Crippen MR) is 81.8 cm³/mol. The standard InChI is InChI=1S/C17H14ClFO2/c18-15-9-8-13(16(19)11-15)6-7-14(10-17(20)21)12-4-2-1-3-5-12/h1-5,8-11H,6-7H2,(H,20,21)/b14-10+. The number of benzene rings is 2. The smallest absolute Gasteiger partial charge is 0.328 e. The highest BCUT2D eigenvalue weighted by Crippen LogP contribution is 2.22. The van der Waals surface area contributed by atoms with Gasteiger partial charge in [-0.3, -0.25) is 0 Å². The first-order valence-electron chi connectivity index (χ1n) is 6.49. The summed E-state index contributed by atoms with van der Waals surface area (Å²) in [6.07, 6.45) is 2.02. The maximum atomic E-state index is 13.7. The van der Waals surface area contributed by atoms with Gasteiger partial charge >= 0.3 is 5.97 Å². The van der Waals surface area contributed by atoms with E-state index >= 15 is 0 Å². The largest absolute Gasteiger partial charge is 0.478 e. The summed E-state index contributed by atoms with van der Waals surface area (Å²) in [5.41, 5.74) is 2.01. The van der Waals surface area contributed by atoms with Crippen LogP contribution in [0.4, 0.5) is 4.39 Å². The van der Waals surface area contributed by atoms with Crippen molar-refractivity contribution in [2.45, 2.75) is 12.8 Å². The summed E-state index contributed by atoms with van der Waals surface area (Å²) in [7, 11) is 0. The molecule has 0 aliphatic heterocycles. The fourth-order valence-electron chi connectivity index (χ4n) is 2.09. The number of carboxylic acid groups (broad SMARTS) is 1. The summed E-state index contributed by atoms with van der Waals surface area (Å²) in [5.74, 6) is -1.38. The van der Waals surface area contributed by atoms with Crippen LogP contribution < -0.4 is 0 Å². The van der Waals surface area contributed by atoms with Crippen molar-refractivity contribution in [2.24, 2.45) is 0 Å². The number of hydrogen-bond acceptors (Lipinski definition) is 1. The van der Waals surface area contributed by atoms with E-state index in [1.54, 1.807) is 12.1 Å². The van der Waals surface area contributed by atoms with E-state index in [2.05, 4.69) is 0 Å². The zero-order chi connectivity index (χ0) is 15.2. The van der Waals surface area contributed by atoms with Gasteiger partial charge in [-0.15, -0.1) is 0 Å². The Morgan fingerprint density at radius 3 is 2.52 bits per heavy atom. The second-order valence-corrected chi connectivity index (χ2v) is 5.05. The Morgan fingerprint density at radius 1 is 1.19 bits per heavy atom. The summed E-state index contributed by atoms with van der Waals surface area (Å²) in [6.45, 7) is 0. The molecule has 2 aromatic carbocycles. The second-order valence-electron chi connectivity index (χ2n) is 4.61. The third-order valence-electron chi connectivity index (χ3n) is 3.12. The van der Waals surface area contributed by atoms with Gasteiger partial charge in [-0.2, -0.15) is 0 Å². The molecule has 2 nitrogen and oxygen atoms in total. The Labute approximate surface area is 127 Å². The Balaban J connectivity index is 2.19. The Hall–Kier alpha value is -2.13. The molecule has 0 aromatic heterocycles. The van der Waals surface area contributed by atoms with Crippen LogP contribution in [0.5, 0.6) is 0 Å². The van der Waals surface area contributed by atoms with Gasteiger partial charge in [-0.1, -0.05) is 48.0 Å². The number of rotatable bonds is 5. The van der Waals surface area contributed by atoms with Crippen molar-refractivity contribution in [3.8, 4) is 0 Å². The molecule has 0 spiro atoms. The van der Waals surface area contributed by atoms with E-state index in [4.69, 9.17) is 16.7 Å². The molecule has 108 valence electrons. The van der Waals surface area contributed by atoms with Crippen molar-refractivity contribution in [1.29, 1.82) is 0 Å². The minimum Gasteiger partial charge on any atom is -0.478 e. The van der Waals surface area contributed by atoms with Crippen LogP contribution in [0, 0.1) is 5.82 Å². The zero-order valence-corrected chi connectivity index (χ0v) is 12.0. The van der Waals surface area contributed by atoms with Gasteiger partial charge in [-0.05, 0) is 41.7 Å². The maximum absolute atomic E-state index is 13.7. The normalized spacial score (nSPS) is 11.4. The first-order chi connectivity index (χ1) is 10.1. The number of carbonyl (C=O) groups is 1. The fraction of sp³-hybridized carbons (Fsp3) is 0.118. The van der Waals surface area contributed by atoms with Crippen molar-refractivity contribution in [3.05, 3.63) is 76.6 Å². The van der Waals surface area contributed by atoms with E-state index < -0.39 is 5.97 Å². The van der Waals surface area contributed by atoms with E-state index in [0.29, 0.717) is 29.0 Å². The van der Waals surface area contributed by atoms with Crippen LogP contribution in [0.15, 0.2) is 54.6 Å². The monoisotopic (exact) mass is 304 g/mol. The predicted octanol–water partition coefficient (Wildman–Crippen LogP) is 4.58. The van der Waals surface area contributed by atoms with Crippen molar-refractivity contribution in [2.75, 3.05) is 0 Å². The Kier molecular flexibility index (Phi) is 5.12. The third-order valence-corrected chi connectivity index (χ3v) is 3.36. The summed E-state index contributed by atoms with van der Waals surface area (Å²) >= 11 is 5.72. The van der Waals surface area contributed by atoms with Gasteiger partial charge in [0.15, 0.2) is 0 Å². The van der Waals surface area contributed by atoms with Crippen molar-refractivity contribution >= 4 is 23.1 Å². The molecule has 0 radical (unpaired) electrons. The number of carboxylic acids is 1. The highest BCUT2D eigenvalue weighted by atomic mass is 35.5. The summed E-state index contributed by atoms with van der Waals surface area (Å²) < 4.78 is 13.7. The summed E-state index contributed by atoms with van der Waals surface area (Å²) in [6, 6.07) is 13.7. The first-order valence-corrected chi connectivity index (χ1v) is 6.87. The molecular formula is C17H14ClFO2. The van der Waals surface area contributed by atoms with Crippen LogP contribution in [-0.2, 0) is 11.2 Å². The average molecular weight is 305 g/mol. The molecule has 0 fully saturated rings. The molecule has 0 saturated heterocycles. The maximum Gasteiger partial charge on any atom is 0.328 e. The van der Waals surface area contributed by atoms with Crippen LogP contribution in [0.1, 0.15) is 17.5 Å². The fourth-order valence-corrected chi connectivity index (χ4v) is 2.25. The molecule has 0 bridgehead atoms. The van der Waals surface area contributed by atoms with E-state index in [-0.39, 0.29) is 5.82 Å². The topological polar surface area (TPSA) is 37.3 Å². The number of allylic oxidation sites excluding steroid dienone is 1. The number of halogens is 2. The summed E-state index contributed by atoms with van der Waals surface area (Å²) in [5, 5.41) is 9.31. The Morgan fingerprint density at radius 2 is 1.90 bits per heavy atom. The molecule has 0 aliphatic rings. The number of hydrogen-bond donors (Lipinski definition) is 1. The molecule has 4 heteroatoms. The van der Waals surface area contributed by atoms with Crippen LogP contribution in [0.2, 0.25) is 5.02 Å². The van der Waals surface area contributed by atoms with Crippen LogP contribution >= 0.6 is 11.6 Å². The molecular weight excluding hydrogens is 291 g/mol. The highest BCUT2D eigenvalue weighted by molar-refractivity contribution is 6.30. The van der Waals surface area contributed by atoms with Gasteiger partial charge in [0.05, 0.1) is 0 Å². The van der Waals surface area contributed by atoms with Crippen molar-refractivity contribution < 1.29 is 14.3 Å². The van der Waals surface area contributed by atoms with Gasteiger partial charge in [0.1, 0.15) is 5.82 Å². The van der Waals surface area contributed by atoms with Gasteiger partial charge in [0, 0.05) is 11.1 Å². The van der Waals surface area contributed by atoms with E-state index in [0.717, 1.165) is 5.56 Å². The molecule has 0 atom stereocenters. The number of aryl methyl sites for hydroxylation is 1. The Bertz CT molecular complexity index is 666. The van der Waals surface area contributed by atoms with Gasteiger partial charge in [0.2, 0.25) is 0 Å². The molecule has 21 heavy (non-hydrogen) atoms. The molecule has 0 amide bonds. The van der Waals surface area contributed by atoms with Gasteiger partial charge < -0.3 is 5.11 Å². The van der Waals surface area contributed by atoms with Crippen LogP contribution in [-0.4, -0.2) is 11.1 Å². The van der Waals surface area contributed by atoms with E-state index in [1.165, 1.54) is 12.1 Å². The number of aliphatic carboxylic acids is 1. The lowest BCUT2D eigenvalue weighted by molar-refractivity contribution is -0.131. The van der Waals surface area contributed by atoms with Crippen molar-refractivity contribution in [1.82, 2.24) is 0 Å². The van der Waals surface area contributed by atoms with Crippen LogP contribution in [0.25, 0.3) is 5.57 Å². The van der Waals surface area contributed by atoms with E-state index in [9.17, 15) is 9.18 Å². The average Bonchev–Trinajstić information content (AvgIpc) is 2.45. The van der Waals surface area contributed by atoms with E-state index in [1.807, 2.05) is 30.3 Å². The molecule has 0 aliphatic carbocycles. The quantitative estimate of drug-likeness (QED) is 0.821. The lowest BCUT2D eigenvalue weighted by Gasteiger charge is -2.08. The zero-order valence-electron chi connectivity index (χ0n) is 11.2. The minimum atomic E-state index is -1.01. The van der Waals surface area contributed by atoms with Gasteiger partial charge in [-0.25, -0.2) is 9.18 Å². The highest BCUT2D eigenvalue weighted by Gasteiger charge is 2.08. The lowest BCUT2D eigenvalue weighted by atomic mass is 9.98. The molecule has 0 heterocycles. The second kappa shape index (κ2) is 7.04. The van der Waals surface area contributed by atoms with Crippen molar-refractivity contribution in [3.63, 3.8) is 0 Å². The molecule has 0 saturated carbocycles. The summed E-state index contributed by atoms with van der Waals surface area (Å²) in [4.78, 5) is 10.9. The van der Waals surface area contributed by atoms with Gasteiger partial charge in [0.25, 0.3) is 0 Å². The molecule has 2 aromatic rings. The minimum absolute atomic E-state index is 0.348. The first kappa shape index (κ1) is 15.3. The van der Waals surface area contributed by atoms with Crippen LogP contribution in [0.3, 0.4) is 0 Å².